The van der Waals surface area contributed by atoms with Crippen LogP contribution in [0, 0.1) is 11.2 Å². The van der Waals surface area contributed by atoms with E-state index >= 15 is 0 Å². The highest BCUT2D eigenvalue weighted by Crippen LogP contribution is 2.30. The second kappa shape index (κ2) is 6.75. The molecule has 1 unspecified atom stereocenters. The molecule has 132 valence electrons. The minimum atomic E-state index is -0.916. The number of aromatic nitrogens is 2. The van der Waals surface area contributed by atoms with Crippen molar-refractivity contribution in [1.29, 1.82) is 0 Å². The quantitative estimate of drug-likeness (QED) is 0.869. The van der Waals surface area contributed by atoms with Crippen LogP contribution in [0.4, 0.5) is 14.3 Å². The highest BCUT2D eigenvalue weighted by Gasteiger charge is 2.42. The number of likely N-dealkylation sites (tertiary alicyclic amines) is 1. The normalized spacial score (nSPS) is 19.8. The van der Waals surface area contributed by atoms with Gasteiger partial charge in [-0.3, -0.25) is 10.1 Å². The van der Waals surface area contributed by atoms with Gasteiger partial charge in [0.05, 0.1) is 5.41 Å². The van der Waals surface area contributed by atoms with Crippen molar-refractivity contribution >= 4 is 28.5 Å². The van der Waals surface area contributed by atoms with Crippen LogP contribution >= 0.6 is 11.3 Å². The number of carboxylic acid groups (broad SMARTS) is 1. The summed E-state index contributed by atoms with van der Waals surface area (Å²) in [5.74, 6) is -1.22. The number of nitrogens with one attached hydrogen (secondary N) is 1. The van der Waals surface area contributed by atoms with Crippen LogP contribution in [0.25, 0.3) is 0 Å². The van der Waals surface area contributed by atoms with Crippen molar-refractivity contribution in [3.05, 3.63) is 40.7 Å². The maximum atomic E-state index is 13.2. The Hall–Kier alpha value is -2.55. The molecule has 2 aromatic rings. The van der Waals surface area contributed by atoms with E-state index in [0.717, 1.165) is 5.56 Å². The Morgan fingerprint density at radius 3 is 2.92 bits per heavy atom. The molecule has 0 aliphatic carbocycles. The van der Waals surface area contributed by atoms with Crippen molar-refractivity contribution in [1.82, 2.24) is 15.1 Å². The molecule has 1 aliphatic heterocycles. The monoisotopic (exact) mass is 364 g/mol. The number of urea groups is 1. The van der Waals surface area contributed by atoms with E-state index in [1.807, 2.05) is 0 Å². The molecule has 1 atom stereocenters. The van der Waals surface area contributed by atoms with Crippen LogP contribution in [0.2, 0.25) is 0 Å². The standard InChI is InChI=1S/C16H17FN4O3S/c1-16(13(22)23)5-6-21(9-16)15(24)18-14-20-19-12(25-14)8-10-3-2-4-11(17)7-10/h2-4,7H,5-6,8-9H2,1H3,(H,22,23)(H,18,20,24). The van der Waals surface area contributed by atoms with E-state index in [0.29, 0.717) is 29.5 Å². The molecular weight excluding hydrogens is 347 g/mol. The number of anilines is 1. The molecule has 0 spiro atoms. The predicted molar refractivity (Wildman–Crippen MR) is 90.1 cm³/mol. The molecule has 3 rings (SSSR count). The third-order valence-corrected chi connectivity index (χ3v) is 5.04. The van der Waals surface area contributed by atoms with Crippen molar-refractivity contribution in [3.63, 3.8) is 0 Å². The fourth-order valence-corrected chi connectivity index (χ4v) is 3.44. The minimum absolute atomic E-state index is 0.156. The van der Waals surface area contributed by atoms with E-state index < -0.39 is 17.4 Å². The maximum Gasteiger partial charge on any atom is 0.323 e. The van der Waals surface area contributed by atoms with E-state index in [1.54, 1.807) is 19.1 Å². The first-order chi connectivity index (χ1) is 11.9. The van der Waals surface area contributed by atoms with Gasteiger partial charge in [-0.1, -0.05) is 23.5 Å². The fourth-order valence-electron chi connectivity index (χ4n) is 2.68. The van der Waals surface area contributed by atoms with Gasteiger partial charge >= 0.3 is 12.0 Å². The molecule has 2 heterocycles. The topological polar surface area (TPSA) is 95.4 Å². The molecule has 0 saturated carbocycles. The lowest BCUT2D eigenvalue weighted by Crippen LogP contribution is -2.37. The van der Waals surface area contributed by atoms with E-state index in [-0.39, 0.29) is 12.4 Å². The zero-order chi connectivity index (χ0) is 18.0. The largest absolute Gasteiger partial charge is 0.481 e. The summed E-state index contributed by atoms with van der Waals surface area (Å²) in [6.07, 6.45) is 0.836. The van der Waals surface area contributed by atoms with Gasteiger partial charge in [-0.05, 0) is 31.0 Å². The summed E-state index contributed by atoms with van der Waals surface area (Å²) in [6.45, 7) is 2.16. The summed E-state index contributed by atoms with van der Waals surface area (Å²) in [4.78, 5) is 25.0. The number of carbonyl (C=O) groups excluding carboxylic acids is 1. The number of benzene rings is 1. The maximum absolute atomic E-state index is 13.2. The molecule has 1 aliphatic rings. The van der Waals surface area contributed by atoms with E-state index in [1.165, 1.54) is 28.4 Å². The second-order valence-electron chi connectivity index (χ2n) is 6.28. The average molecular weight is 364 g/mol. The lowest BCUT2D eigenvalue weighted by molar-refractivity contribution is -0.146. The number of aliphatic carboxylic acids is 1. The van der Waals surface area contributed by atoms with Gasteiger partial charge in [0.25, 0.3) is 0 Å². The summed E-state index contributed by atoms with van der Waals surface area (Å²) >= 11 is 1.21. The molecule has 9 heteroatoms. The lowest BCUT2D eigenvalue weighted by Gasteiger charge is -2.19. The van der Waals surface area contributed by atoms with Crippen molar-refractivity contribution < 1.29 is 19.1 Å². The zero-order valence-corrected chi connectivity index (χ0v) is 14.3. The summed E-state index contributed by atoms with van der Waals surface area (Å²) in [7, 11) is 0. The number of amides is 2. The van der Waals surface area contributed by atoms with Crippen molar-refractivity contribution in [2.24, 2.45) is 5.41 Å². The first-order valence-electron chi connectivity index (χ1n) is 7.72. The van der Waals surface area contributed by atoms with E-state index in [9.17, 15) is 19.1 Å². The zero-order valence-electron chi connectivity index (χ0n) is 13.5. The Labute approximate surface area is 147 Å². The molecule has 0 bridgehead atoms. The number of carbonyl (C=O) groups is 2. The van der Waals surface area contributed by atoms with Gasteiger partial charge < -0.3 is 10.0 Å². The predicted octanol–water partition coefficient (Wildman–Crippen LogP) is 2.60. The second-order valence-corrected chi connectivity index (χ2v) is 7.34. The smallest absolute Gasteiger partial charge is 0.323 e. The first kappa shape index (κ1) is 17.3. The van der Waals surface area contributed by atoms with Crippen molar-refractivity contribution in [3.8, 4) is 0 Å². The fraction of sp³-hybridized carbons (Fsp3) is 0.375. The molecular formula is C16H17FN4O3S. The van der Waals surface area contributed by atoms with Crippen LogP contribution in [0.5, 0.6) is 0 Å². The molecule has 2 amide bonds. The number of hydrogen-bond acceptors (Lipinski definition) is 5. The molecule has 1 fully saturated rings. The van der Waals surface area contributed by atoms with Gasteiger partial charge in [-0.15, -0.1) is 10.2 Å². The van der Waals surface area contributed by atoms with Gasteiger partial charge in [-0.2, -0.15) is 0 Å². The SMILES string of the molecule is CC1(C(=O)O)CCN(C(=O)Nc2nnc(Cc3cccc(F)c3)s2)C1. The highest BCUT2D eigenvalue weighted by molar-refractivity contribution is 7.15. The number of halogens is 1. The molecule has 7 nitrogen and oxygen atoms in total. The lowest BCUT2D eigenvalue weighted by atomic mass is 9.90. The molecule has 2 N–H and O–H groups in total. The first-order valence-corrected chi connectivity index (χ1v) is 8.53. The third-order valence-electron chi connectivity index (χ3n) is 4.20. The van der Waals surface area contributed by atoms with Crippen LogP contribution < -0.4 is 5.32 Å². The summed E-state index contributed by atoms with van der Waals surface area (Å²) in [5.41, 5.74) is -0.146. The van der Waals surface area contributed by atoms with Gasteiger partial charge in [0.1, 0.15) is 10.8 Å². The Morgan fingerprint density at radius 1 is 1.44 bits per heavy atom. The van der Waals surface area contributed by atoms with Crippen molar-refractivity contribution in [2.45, 2.75) is 19.8 Å². The van der Waals surface area contributed by atoms with Crippen LogP contribution in [0.1, 0.15) is 23.9 Å². The number of nitrogens with zero attached hydrogens (tertiary/aromatic N) is 3. The minimum Gasteiger partial charge on any atom is -0.481 e. The van der Waals surface area contributed by atoms with E-state index in [4.69, 9.17) is 0 Å². The Kier molecular flexibility index (Phi) is 4.67. The molecule has 25 heavy (non-hydrogen) atoms. The van der Waals surface area contributed by atoms with Crippen LogP contribution in [0.15, 0.2) is 24.3 Å². The van der Waals surface area contributed by atoms with Gasteiger partial charge in [-0.25, -0.2) is 9.18 Å². The number of hydrogen-bond donors (Lipinski definition) is 2. The van der Waals surface area contributed by atoms with E-state index in [2.05, 4.69) is 15.5 Å². The summed E-state index contributed by atoms with van der Waals surface area (Å²) in [6, 6.07) is 5.83. The third kappa shape index (κ3) is 3.93. The Morgan fingerprint density at radius 2 is 2.24 bits per heavy atom. The Bertz CT molecular complexity index is 812. The van der Waals surface area contributed by atoms with Gasteiger partial charge in [0, 0.05) is 19.5 Å². The highest BCUT2D eigenvalue weighted by atomic mass is 32.1. The summed E-state index contributed by atoms with van der Waals surface area (Å²) < 4.78 is 13.2. The van der Waals surface area contributed by atoms with Crippen LogP contribution in [0.3, 0.4) is 0 Å². The van der Waals surface area contributed by atoms with Crippen molar-refractivity contribution in [2.75, 3.05) is 18.4 Å². The number of carboxylic acids is 1. The van der Waals surface area contributed by atoms with Gasteiger partial charge in [0.15, 0.2) is 0 Å². The molecule has 1 saturated heterocycles. The van der Waals surface area contributed by atoms with Crippen LogP contribution in [-0.2, 0) is 11.2 Å². The van der Waals surface area contributed by atoms with Crippen LogP contribution in [-0.4, -0.2) is 45.3 Å². The van der Waals surface area contributed by atoms with Gasteiger partial charge in [0.2, 0.25) is 5.13 Å². The molecule has 1 aromatic heterocycles. The summed E-state index contributed by atoms with van der Waals surface area (Å²) in [5, 5.41) is 20.8. The average Bonchev–Trinajstić information content (AvgIpc) is 3.15. The Balaban J connectivity index is 1.60. The number of rotatable bonds is 4. The molecule has 0 radical (unpaired) electrons. The molecule has 1 aromatic carbocycles.